The lowest BCUT2D eigenvalue weighted by Gasteiger charge is -2.40. The van der Waals surface area contributed by atoms with Crippen LogP contribution in [0.15, 0.2) is 36.5 Å². The van der Waals surface area contributed by atoms with Crippen molar-refractivity contribution in [2.24, 2.45) is 5.92 Å². The fourth-order valence-corrected chi connectivity index (χ4v) is 4.87. The molecule has 2 N–H and O–H groups in total. The van der Waals surface area contributed by atoms with Crippen LogP contribution >= 0.6 is 0 Å². The number of carbonyl (C=O) groups is 1. The first kappa shape index (κ1) is 21.9. The van der Waals surface area contributed by atoms with E-state index in [1.54, 1.807) is 13.2 Å². The van der Waals surface area contributed by atoms with E-state index < -0.39 is 11.8 Å². The van der Waals surface area contributed by atoms with Crippen molar-refractivity contribution in [1.82, 2.24) is 9.88 Å². The number of aromatic carboxylic acids is 1. The largest absolute Gasteiger partial charge is 0.496 e. The predicted molar refractivity (Wildman–Crippen MR) is 122 cm³/mol. The molecule has 6 heteroatoms. The number of aromatic amines is 1. The molecule has 0 bridgehead atoms. The molecule has 166 valence electrons. The van der Waals surface area contributed by atoms with Gasteiger partial charge in [-0.05, 0) is 67.6 Å². The predicted octanol–water partition coefficient (Wildman–Crippen LogP) is 5.30. The molecule has 2 atom stereocenters. The number of benzene rings is 2. The molecule has 3 aromatic rings. The van der Waals surface area contributed by atoms with Crippen LogP contribution in [0.5, 0.6) is 5.75 Å². The minimum atomic E-state index is -1.26. The zero-order valence-corrected chi connectivity index (χ0v) is 18.3. The van der Waals surface area contributed by atoms with Gasteiger partial charge in [0.05, 0.1) is 12.7 Å². The Kier molecular flexibility index (Phi) is 6.20. The number of fused-ring (bicyclic) bond motifs is 1. The SMILES string of the molecule is C#CC[C@@H]1CCN(Cc2c(OC)cc(C)c3[nH]ccc23)[C@H](c2ccc(C(=O)O)c(F)c2)C1. The van der Waals surface area contributed by atoms with Crippen molar-refractivity contribution >= 4 is 16.9 Å². The number of aromatic nitrogens is 1. The average molecular weight is 435 g/mol. The number of aryl methyl sites for hydroxylation is 1. The normalized spacial score (nSPS) is 19.1. The first-order chi connectivity index (χ1) is 15.4. The van der Waals surface area contributed by atoms with Gasteiger partial charge in [-0.2, -0.15) is 0 Å². The maximum atomic E-state index is 14.5. The molecule has 1 aromatic heterocycles. The van der Waals surface area contributed by atoms with Gasteiger partial charge in [0.25, 0.3) is 0 Å². The third-order valence-electron chi connectivity index (χ3n) is 6.53. The second-order valence-corrected chi connectivity index (χ2v) is 8.47. The van der Waals surface area contributed by atoms with Gasteiger partial charge in [-0.25, -0.2) is 9.18 Å². The Balaban J connectivity index is 1.72. The summed E-state index contributed by atoms with van der Waals surface area (Å²) in [4.78, 5) is 16.9. The van der Waals surface area contributed by atoms with E-state index in [0.29, 0.717) is 18.9 Å². The first-order valence-corrected chi connectivity index (χ1v) is 10.8. The smallest absolute Gasteiger partial charge is 0.338 e. The Hall–Kier alpha value is -3.30. The minimum Gasteiger partial charge on any atom is -0.496 e. The van der Waals surface area contributed by atoms with Crippen LogP contribution < -0.4 is 4.74 Å². The van der Waals surface area contributed by atoms with Gasteiger partial charge in [-0.3, -0.25) is 4.90 Å². The van der Waals surface area contributed by atoms with Crippen LogP contribution in [-0.4, -0.2) is 34.6 Å². The fraction of sp³-hybridized carbons (Fsp3) is 0.346. The van der Waals surface area contributed by atoms with E-state index in [1.165, 1.54) is 12.1 Å². The van der Waals surface area contributed by atoms with E-state index in [4.69, 9.17) is 11.2 Å². The quantitative estimate of drug-likeness (QED) is 0.517. The number of H-pyrrole nitrogens is 1. The number of nitrogens with one attached hydrogen (secondary N) is 1. The first-order valence-electron chi connectivity index (χ1n) is 10.8. The van der Waals surface area contributed by atoms with Crippen LogP contribution in [0.2, 0.25) is 0 Å². The summed E-state index contributed by atoms with van der Waals surface area (Å²) in [5.74, 6) is 1.95. The molecule has 32 heavy (non-hydrogen) atoms. The zero-order chi connectivity index (χ0) is 22.8. The van der Waals surface area contributed by atoms with E-state index >= 15 is 0 Å². The summed E-state index contributed by atoms with van der Waals surface area (Å²) in [7, 11) is 1.67. The molecule has 1 aliphatic heterocycles. The molecule has 0 spiro atoms. The monoisotopic (exact) mass is 434 g/mol. The van der Waals surface area contributed by atoms with E-state index in [-0.39, 0.29) is 11.6 Å². The summed E-state index contributed by atoms with van der Waals surface area (Å²) in [6.07, 6.45) is 9.93. The van der Waals surface area contributed by atoms with Crippen molar-refractivity contribution in [3.63, 3.8) is 0 Å². The third kappa shape index (κ3) is 4.09. The second-order valence-electron chi connectivity index (χ2n) is 8.47. The Labute approximate surface area is 187 Å². The summed E-state index contributed by atoms with van der Waals surface area (Å²) < 4.78 is 20.2. The van der Waals surface area contributed by atoms with Crippen molar-refractivity contribution in [1.29, 1.82) is 0 Å². The van der Waals surface area contributed by atoms with Crippen molar-refractivity contribution < 1.29 is 19.0 Å². The number of likely N-dealkylation sites (tertiary alicyclic amines) is 1. The topological polar surface area (TPSA) is 65.6 Å². The highest BCUT2D eigenvalue weighted by Crippen LogP contribution is 2.39. The summed E-state index contributed by atoms with van der Waals surface area (Å²) in [5.41, 5.74) is 3.73. The number of carboxylic acid groups (broad SMARTS) is 1. The lowest BCUT2D eigenvalue weighted by molar-refractivity contribution is 0.0691. The minimum absolute atomic E-state index is 0.0700. The average Bonchev–Trinajstić information content (AvgIpc) is 3.27. The van der Waals surface area contributed by atoms with Crippen LogP contribution in [0.1, 0.15) is 52.4 Å². The van der Waals surface area contributed by atoms with Crippen molar-refractivity contribution in [2.75, 3.05) is 13.7 Å². The van der Waals surface area contributed by atoms with Gasteiger partial charge in [-0.1, -0.05) is 6.07 Å². The van der Waals surface area contributed by atoms with E-state index in [2.05, 4.69) is 21.9 Å². The van der Waals surface area contributed by atoms with Gasteiger partial charge in [0, 0.05) is 41.7 Å². The molecule has 2 aromatic carbocycles. The lowest BCUT2D eigenvalue weighted by atomic mass is 9.84. The summed E-state index contributed by atoms with van der Waals surface area (Å²) >= 11 is 0. The molecule has 4 rings (SSSR count). The molecule has 0 aliphatic carbocycles. The number of hydrogen-bond acceptors (Lipinski definition) is 3. The Bertz CT molecular complexity index is 1190. The summed E-state index contributed by atoms with van der Waals surface area (Å²) in [6.45, 7) is 3.49. The van der Waals surface area contributed by atoms with Gasteiger partial charge >= 0.3 is 5.97 Å². The summed E-state index contributed by atoms with van der Waals surface area (Å²) in [5, 5.41) is 10.3. The maximum absolute atomic E-state index is 14.5. The number of hydrogen-bond donors (Lipinski definition) is 2. The van der Waals surface area contributed by atoms with Crippen LogP contribution in [0.4, 0.5) is 4.39 Å². The van der Waals surface area contributed by atoms with Crippen LogP contribution in [0.3, 0.4) is 0 Å². The number of ether oxygens (including phenoxy) is 1. The Morgan fingerprint density at radius 2 is 2.19 bits per heavy atom. The highest BCUT2D eigenvalue weighted by molar-refractivity contribution is 5.88. The highest BCUT2D eigenvalue weighted by atomic mass is 19.1. The zero-order valence-electron chi connectivity index (χ0n) is 18.3. The molecule has 5 nitrogen and oxygen atoms in total. The number of carboxylic acids is 1. The number of terminal acetylenes is 1. The van der Waals surface area contributed by atoms with Crippen LogP contribution in [0, 0.1) is 31.0 Å². The molecule has 0 unspecified atom stereocenters. The standard InChI is InChI=1S/C26H27FN2O3/c1-4-5-17-9-11-29(23(13-17)18-6-7-20(26(30)31)22(27)14-18)15-21-19-8-10-28-25(19)16(2)12-24(21)32-3/h1,6-8,10,12,14,17,23,28H,5,9,11,13,15H2,2-3H3,(H,30,31)/t17-,23+/m1/s1. The maximum Gasteiger partial charge on any atom is 0.338 e. The highest BCUT2D eigenvalue weighted by Gasteiger charge is 2.31. The Morgan fingerprint density at radius 3 is 2.88 bits per heavy atom. The second kappa shape index (κ2) is 9.05. The number of nitrogens with zero attached hydrogens (tertiary/aromatic N) is 1. The van der Waals surface area contributed by atoms with Gasteiger partial charge in [0.2, 0.25) is 0 Å². The molecular weight excluding hydrogens is 407 g/mol. The van der Waals surface area contributed by atoms with Gasteiger partial charge in [0.15, 0.2) is 0 Å². The molecular formula is C26H27FN2O3. The molecule has 1 fully saturated rings. The van der Waals surface area contributed by atoms with Gasteiger partial charge in [-0.15, -0.1) is 12.3 Å². The van der Waals surface area contributed by atoms with Crippen molar-refractivity contribution in [3.05, 3.63) is 64.6 Å². The number of methoxy groups -OCH3 is 1. The molecule has 1 aliphatic rings. The molecule has 2 heterocycles. The van der Waals surface area contributed by atoms with Gasteiger partial charge < -0.3 is 14.8 Å². The van der Waals surface area contributed by atoms with E-state index in [1.807, 2.05) is 19.2 Å². The lowest BCUT2D eigenvalue weighted by Crippen LogP contribution is -2.36. The van der Waals surface area contributed by atoms with Crippen LogP contribution in [-0.2, 0) is 6.54 Å². The molecule has 0 saturated carbocycles. The number of halogens is 1. The summed E-state index contributed by atoms with van der Waals surface area (Å²) in [6, 6.07) is 8.46. The number of piperidine rings is 1. The van der Waals surface area contributed by atoms with Crippen molar-refractivity contribution in [3.8, 4) is 18.1 Å². The van der Waals surface area contributed by atoms with Crippen molar-refractivity contribution in [2.45, 2.75) is 38.8 Å². The molecule has 1 saturated heterocycles. The fourth-order valence-electron chi connectivity index (χ4n) is 4.87. The molecule has 0 radical (unpaired) electrons. The van der Waals surface area contributed by atoms with Gasteiger partial charge in [0.1, 0.15) is 11.6 Å². The number of rotatable bonds is 6. The Morgan fingerprint density at radius 1 is 1.38 bits per heavy atom. The van der Waals surface area contributed by atoms with E-state index in [9.17, 15) is 14.3 Å². The van der Waals surface area contributed by atoms with Crippen LogP contribution in [0.25, 0.3) is 10.9 Å². The van der Waals surface area contributed by atoms with E-state index in [0.717, 1.165) is 52.7 Å². The third-order valence-corrected chi connectivity index (χ3v) is 6.53. The molecule has 0 amide bonds.